The molecule has 2 heterocycles. The molecule has 0 saturated carbocycles. The van der Waals surface area contributed by atoms with Crippen molar-refractivity contribution in [1.82, 2.24) is 20.6 Å². The van der Waals surface area contributed by atoms with Gasteiger partial charge in [0.15, 0.2) is 5.96 Å². The molecule has 0 bridgehead atoms. The molecule has 136 valence electrons. The molecule has 0 aliphatic carbocycles. The Labute approximate surface area is 152 Å². The fourth-order valence-corrected chi connectivity index (χ4v) is 2.37. The maximum atomic E-state index is 5.57. The molecule has 0 unspecified atom stereocenters. The molecule has 3 rings (SSSR count). The van der Waals surface area contributed by atoms with E-state index in [1.54, 1.807) is 6.26 Å². The monoisotopic (exact) mass is 353 g/mol. The van der Waals surface area contributed by atoms with Crippen molar-refractivity contribution in [3.8, 4) is 11.5 Å². The normalized spacial score (nSPS) is 11.6. The van der Waals surface area contributed by atoms with E-state index in [2.05, 4.69) is 25.6 Å². The van der Waals surface area contributed by atoms with Gasteiger partial charge in [-0.05, 0) is 32.9 Å². The minimum absolute atomic E-state index is 0.412. The summed E-state index contributed by atoms with van der Waals surface area (Å²) in [5.41, 5.74) is 2.62. The van der Waals surface area contributed by atoms with Crippen LogP contribution in [0.15, 0.2) is 50.4 Å². The molecule has 0 radical (unpaired) electrons. The smallest absolute Gasteiger partial charge is 0.226 e. The first-order valence-electron chi connectivity index (χ1n) is 8.60. The number of nitrogens with zero attached hydrogens (tertiary/aromatic N) is 3. The second-order valence-corrected chi connectivity index (χ2v) is 5.81. The van der Waals surface area contributed by atoms with Gasteiger partial charge < -0.3 is 19.5 Å². The lowest BCUT2D eigenvalue weighted by Gasteiger charge is -2.09. The Hall–Kier alpha value is -3.09. The van der Waals surface area contributed by atoms with Crippen LogP contribution in [0.2, 0.25) is 0 Å². The summed E-state index contributed by atoms with van der Waals surface area (Å²) in [6.45, 7) is 7.48. The summed E-state index contributed by atoms with van der Waals surface area (Å²) >= 11 is 0. The van der Waals surface area contributed by atoms with Gasteiger partial charge in [-0.15, -0.1) is 0 Å². The van der Waals surface area contributed by atoms with E-state index in [1.807, 2.05) is 51.1 Å². The molecule has 2 N–H and O–H groups in total. The molecule has 3 aromatic rings. The number of hydrogen-bond acceptors (Lipinski definition) is 5. The highest BCUT2D eigenvalue weighted by Gasteiger charge is 2.08. The first-order valence-corrected chi connectivity index (χ1v) is 8.60. The van der Waals surface area contributed by atoms with Gasteiger partial charge in [0.25, 0.3) is 0 Å². The summed E-state index contributed by atoms with van der Waals surface area (Å²) in [6, 6.07) is 9.80. The van der Waals surface area contributed by atoms with Crippen LogP contribution in [0.3, 0.4) is 0 Å². The molecule has 0 saturated heterocycles. The van der Waals surface area contributed by atoms with Gasteiger partial charge in [-0.2, -0.15) is 0 Å². The molecule has 26 heavy (non-hydrogen) atoms. The maximum absolute atomic E-state index is 5.57. The Morgan fingerprint density at radius 3 is 2.62 bits per heavy atom. The fraction of sp³-hybridized carbons (Fsp3) is 0.316. The second-order valence-electron chi connectivity index (χ2n) is 5.81. The number of aromatic nitrogens is 2. The predicted octanol–water partition coefficient (Wildman–Crippen LogP) is 3.20. The van der Waals surface area contributed by atoms with Crippen LogP contribution >= 0.6 is 0 Å². The van der Waals surface area contributed by atoms with Crippen LogP contribution < -0.4 is 10.6 Å². The third kappa shape index (κ3) is 4.50. The quantitative estimate of drug-likeness (QED) is 0.523. The highest BCUT2D eigenvalue weighted by atomic mass is 16.4. The highest BCUT2D eigenvalue weighted by Crippen LogP contribution is 2.18. The molecule has 0 fully saturated rings. The van der Waals surface area contributed by atoms with E-state index in [0.717, 1.165) is 29.3 Å². The average Bonchev–Trinajstić information content (AvgIpc) is 3.25. The van der Waals surface area contributed by atoms with Crippen molar-refractivity contribution in [3.05, 3.63) is 59.6 Å². The molecule has 2 aromatic heterocycles. The molecule has 0 aliphatic rings. The summed E-state index contributed by atoms with van der Waals surface area (Å²) < 4.78 is 11.1. The Bertz CT molecular complexity index is 848. The lowest BCUT2D eigenvalue weighted by atomic mass is 10.2. The van der Waals surface area contributed by atoms with Gasteiger partial charge in [0.2, 0.25) is 11.8 Å². The number of aryl methyl sites for hydroxylation is 2. The third-order valence-electron chi connectivity index (χ3n) is 3.80. The summed E-state index contributed by atoms with van der Waals surface area (Å²) in [6.07, 6.45) is 1.64. The third-order valence-corrected chi connectivity index (χ3v) is 3.80. The first kappa shape index (κ1) is 17.7. The summed E-state index contributed by atoms with van der Waals surface area (Å²) in [4.78, 5) is 13.4. The molecule has 0 aliphatic heterocycles. The number of benzene rings is 1. The lowest BCUT2D eigenvalue weighted by molar-refractivity contribution is 0.463. The minimum atomic E-state index is 0.412. The van der Waals surface area contributed by atoms with Crippen LogP contribution in [-0.4, -0.2) is 22.5 Å². The van der Waals surface area contributed by atoms with E-state index >= 15 is 0 Å². The molecular weight excluding hydrogens is 330 g/mol. The molecular formula is C19H23N5O2. The highest BCUT2D eigenvalue weighted by molar-refractivity contribution is 5.79. The Morgan fingerprint density at radius 2 is 1.92 bits per heavy atom. The van der Waals surface area contributed by atoms with E-state index in [9.17, 15) is 0 Å². The van der Waals surface area contributed by atoms with E-state index < -0.39 is 0 Å². The number of guanidine groups is 1. The number of oxazole rings is 2. The van der Waals surface area contributed by atoms with Gasteiger partial charge in [0.05, 0.1) is 18.8 Å². The van der Waals surface area contributed by atoms with Crippen molar-refractivity contribution in [2.24, 2.45) is 4.99 Å². The average molecular weight is 353 g/mol. The second kappa shape index (κ2) is 8.33. The zero-order valence-electron chi connectivity index (χ0n) is 15.2. The van der Waals surface area contributed by atoms with Gasteiger partial charge in [-0.1, -0.05) is 18.2 Å². The standard InChI is InChI=1S/C19H23N5O2/c1-4-20-19(22-11-17-23-13(2)14(3)26-17)21-10-16-12-25-18(24-16)15-8-6-5-7-9-15/h5-9,12H,4,10-11H2,1-3H3,(H2,20,21,22). The van der Waals surface area contributed by atoms with Gasteiger partial charge in [0.1, 0.15) is 17.7 Å². The Kier molecular flexibility index (Phi) is 5.68. The molecule has 0 spiro atoms. The molecule has 0 amide bonds. The van der Waals surface area contributed by atoms with Crippen LogP contribution in [0, 0.1) is 13.8 Å². The maximum Gasteiger partial charge on any atom is 0.226 e. The zero-order valence-corrected chi connectivity index (χ0v) is 15.2. The van der Waals surface area contributed by atoms with Crippen molar-refractivity contribution in [3.63, 3.8) is 0 Å². The van der Waals surface area contributed by atoms with Crippen molar-refractivity contribution in [2.75, 3.05) is 6.54 Å². The number of rotatable bonds is 6. The van der Waals surface area contributed by atoms with Crippen molar-refractivity contribution < 1.29 is 8.83 Å². The van der Waals surface area contributed by atoms with Crippen LogP contribution in [0.1, 0.15) is 30.0 Å². The van der Waals surface area contributed by atoms with E-state index in [1.165, 1.54) is 0 Å². The predicted molar refractivity (Wildman–Crippen MR) is 99.6 cm³/mol. The van der Waals surface area contributed by atoms with E-state index in [-0.39, 0.29) is 0 Å². The van der Waals surface area contributed by atoms with Gasteiger partial charge in [-0.25, -0.2) is 15.0 Å². The molecule has 0 atom stereocenters. The zero-order chi connectivity index (χ0) is 18.4. The Morgan fingerprint density at radius 1 is 1.12 bits per heavy atom. The number of nitrogens with one attached hydrogen (secondary N) is 2. The van der Waals surface area contributed by atoms with Crippen LogP contribution in [-0.2, 0) is 13.1 Å². The molecule has 1 aromatic carbocycles. The minimum Gasteiger partial charge on any atom is -0.444 e. The van der Waals surface area contributed by atoms with Crippen molar-refractivity contribution >= 4 is 5.96 Å². The topological polar surface area (TPSA) is 88.5 Å². The molecule has 7 nitrogen and oxygen atoms in total. The largest absolute Gasteiger partial charge is 0.444 e. The van der Waals surface area contributed by atoms with Crippen LogP contribution in [0.25, 0.3) is 11.5 Å². The number of hydrogen-bond donors (Lipinski definition) is 2. The van der Waals surface area contributed by atoms with Crippen LogP contribution in [0.4, 0.5) is 0 Å². The first-order chi connectivity index (χ1) is 12.7. The summed E-state index contributed by atoms with van der Waals surface area (Å²) in [7, 11) is 0. The Balaban J connectivity index is 1.63. The van der Waals surface area contributed by atoms with E-state index in [4.69, 9.17) is 8.83 Å². The SMILES string of the molecule is CCNC(=NCc1coc(-c2ccccc2)n1)NCc1nc(C)c(C)o1. The summed E-state index contributed by atoms with van der Waals surface area (Å²) in [5.74, 6) is 2.74. The number of aliphatic imine (C=N–C) groups is 1. The van der Waals surface area contributed by atoms with Crippen molar-refractivity contribution in [2.45, 2.75) is 33.9 Å². The van der Waals surface area contributed by atoms with E-state index in [0.29, 0.717) is 30.8 Å². The van der Waals surface area contributed by atoms with Crippen molar-refractivity contribution in [1.29, 1.82) is 0 Å². The molecule has 7 heteroatoms. The fourth-order valence-electron chi connectivity index (χ4n) is 2.37. The van der Waals surface area contributed by atoms with Crippen LogP contribution in [0.5, 0.6) is 0 Å². The van der Waals surface area contributed by atoms with Gasteiger partial charge in [0, 0.05) is 12.1 Å². The van der Waals surface area contributed by atoms with Gasteiger partial charge in [-0.3, -0.25) is 0 Å². The lowest BCUT2D eigenvalue weighted by Crippen LogP contribution is -2.36. The summed E-state index contributed by atoms with van der Waals surface area (Å²) in [5, 5.41) is 6.40. The van der Waals surface area contributed by atoms with Gasteiger partial charge >= 0.3 is 0 Å².